The minimum absolute atomic E-state index is 0.376. The van der Waals surface area contributed by atoms with Crippen LogP contribution in [0.2, 0.25) is 0 Å². The van der Waals surface area contributed by atoms with Gasteiger partial charge in [0.1, 0.15) is 0 Å². The summed E-state index contributed by atoms with van der Waals surface area (Å²) in [6.07, 6.45) is 7.15. The van der Waals surface area contributed by atoms with Crippen LogP contribution in [0.4, 0.5) is 0 Å². The lowest BCUT2D eigenvalue weighted by Crippen LogP contribution is -2.56. The van der Waals surface area contributed by atoms with Crippen molar-refractivity contribution in [2.75, 3.05) is 19.7 Å². The topological polar surface area (TPSA) is 38.5 Å². The highest BCUT2D eigenvalue weighted by Crippen LogP contribution is 2.36. The van der Waals surface area contributed by atoms with E-state index in [-0.39, 0.29) is 0 Å². The van der Waals surface area contributed by atoms with Crippen LogP contribution in [-0.2, 0) is 4.74 Å². The SMILES string of the molecule is CCCC1CCC(CN)C(N2CC(C)OCC2C)C1. The third-order valence-electron chi connectivity index (χ3n) is 5.15. The van der Waals surface area contributed by atoms with Crippen molar-refractivity contribution in [2.24, 2.45) is 17.6 Å². The molecule has 0 aromatic carbocycles. The van der Waals surface area contributed by atoms with Crippen molar-refractivity contribution in [3.8, 4) is 0 Å². The number of nitrogens with two attached hydrogens (primary N) is 1. The summed E-state index contributed by atoms with van der Waals surface area (Å²) in [7, 11) is 0. The molecule has 1 saturated heterocycles. The third-order valence-corrected chi connectivity index (χ3v) is 5.15. The summed E-state index contributed by atoms with van der Waals surface area (Å²) < 4.78 is 5.78. The van der Waals surface area contributed by atoms with E-state index in [4.69, 9.17) is 10.5 Å². The maximum atomic E-state index is 6.04. The molecule has 3 nitrogen and oxygen atoms in total. The van der Waals surface area contributed by atoms with E-state index in [0.29, 0.717) is 24.1 Å². The molecular formula is C16H32N2O. The quantitative estimate of drug-likeness (QED) is 0.852. The number of ether oxygens (including phenoxy) is 1. The normalized spacial score (nSPS) is 41.4. The van der Waals surface area contributed by atoms with E-state index in [1.54, 1.807) is 0 Å². The van der Waals surface area contributed by atoms with Crippen molar-refractivity contribution >= 4 is 0 Å². The van der Waals surface area contributed by atoms with Crippen LogP contribution in [0.3, 0.4) is 0 Å². The highest BCUT2D eigenvalue weighted by Gasteiger charge is 2.37. The number of hydrogen-bond donors (Lipinski definition) is 1. The van der Waals surface area contributed by atoms with Gasteiger partial charge in [-0.25, -0.2) is 0 Å². The minimum atomic E-state index is 0.376. The molecule has 0 bridgehead atoms. The Bertz CT molecular complexity index is 271. The molecule has 0 aromatic rings. The zero-order chi connectivity index (χ0) is 13.8. The average molecular weight is 268 g/mol. The average Bonchev–Trinajstić information content (AvgIpc) is 2.42. The maximum Gasteiger partial charge on any atom is 0.0674 e. The van der Waals surface area contributed by atoms with Gasteiger partial charge < -0.3 is 10.5 Å². The molecule has 2 aliphatic rings. The smallest absolute Gasteiger partial charge is 0.0674 e. The van der Waals surface area contributed by atoms with E-state index in [1.807, 2.05) is 0 Å². The van der Waals surface area contributed by atoms with E-state index in [2.05, 4.69) is 25.7 Å². The van der Waals surface area contributed by atoms with Crippen LogP contribution in [0.5, 0.6) is 0 Å². The number of rotatable bonds is 4. The van der Waals surface area contributed by atoms with Gasteiger partial charge in [0.15, 0.2) is 0 Å². The fraction of sp³-hybridized carbons (Fsp3) is 1.00. The Kier molecular flexibility index (Phi) is 5.67. The van der Waals surface area contributed by atoms with Crippen LogP contribution in [0.1, 0.15) is 52.9 Å². The van der Waals surface area contributed by atoms with Gasteiger partial charge in [0, 0.05) is 18.6 Å². The van der Waals surface area contributed by atoms with Crippen molar-refractivity contribution in [1.29, 1.82) is 0 Å². The summed E-state index contributed by atoms with van der Waals surface area (Å²) in [4.78, 5) is 2.70. The molecule has 1 aliphatic heterocycles. The largest absolute Gasteiger partial charge is 0.376 e. The molecule has 1 saturated carbocycles. The van der Waals surface area contributed by atoms with Crippen molar-refractivity contribution in [3.63, 3.8) is 0 Å². The first kappa shape index (κ1) is 15.3. The lowest BCUT2D eigenvalue weighted by Gasteiger charge is -2.48. The van der Waals surface area contributed by atoms with E-state index >= 15 is 0 Å². The molecule has 2 fully saturated rings. The molecule has 0 aromatic heterocycles. The van der Waals surface area contributed by atoms with Crippen molar-refractivity contribution < 1.29 is 4.74 Å². The van der Waals surface area contributed by atoms with Crippen molar-refractivity contribution in [3.05, 3.63) is 0 Å². The molecule has 2 N–H and O–H groups in total. The first-order valence-electron chi connectivity index (χ1n) is 8.23. The molecule has 1 heterocycles. The number of nitrogens with zero attached hydrogens (tertiary/aromatic N) is 1. The maximum absolute atomic E-state index is 6.04. The Morgan fingerprint density at radius 1 is 1.26 bits per heavy atom. The molecule has 2 rings (SSSR count). The van der Waals surface area contributed by atoms with E-state index in [9.17, 15) is 0 Å². The van der Waals surface area contributed by atoms with Gasteiger partial charge in [0.2, 0.25) is 0 Å². The van der Waals surface area contributed by atoms with Gasteiger partial charge in [0.05, 0.1) is 12.7 Å². The molecule has 1 aliphatic carbocycles. The summed E-state index contributed by atoms with van der Waals surface area (Å²) in [5, 5.41) is 0. The summed E-state index contributed by atoms with van der Waals surface area (Å²) >= 11 is 0. The Labute approximate surface area is 118 Å². The fourth-order valence-electron chi connectivity index (χ4n) is 4.04. The van der Waals surface area contributed by atoms with E-state index in [0.717, 1.165) is 25.6 Å². The second-order valence-corrected chi connectivity index (χ2v) is 6.72. The number of morpholine rings is 1. The zero-order valence-corrected chi connectivity index (χ0v) is 13.0. The van der Waals surface area contributed by atoms with Gasteiger partial charge in [0.25, 0.3) is 0 Å². The lowest BCUT2D eigenvalue weighted by atomic mass is 9.75. The van der Waals surface area contributed by atoms with Crippen LogP contribution < -0.4 is 5.73 Å². The molecule has 5 unspecified atom stereocenters. The Hall–Kier alpha value is -0.120. The van der Waals surface area contributed by atoms with Crippen LogP contribution in [0.25, 0.3) is 0 Å². The second-order valence-electron chi connectivity index (χ2n) is 6.72. The van der Waals surface area contributed by atoms with E-state index < -0.39 is 0 Å². The van der Waals surface area contributed by atoms with Crippen LogP contribution in [0, 0.1) is 11.8 Å². The first-order chi connectivity index (χ1) is 9.15. The fourth-order valence-corrected chi connectivity index (χ4v) is 4.04. The van der Waals surface area contributed by atoms with Gasteiger partial charge in [-0.15, -0.1) is 0 Å². The molecular weight excluding hydrogens is 236 g/mol. The summed E-state index contributed by atoms with van der Waals surface area (Å²) in [5.74, 6) is 1.61. The Balaban J connectivity index is 2.03. The summed E-state index contributed by atoms with van der Waals surface area (Å²) in [6, 6.07) is 1.24. The monoisotopic (exact) mass is 268 g/mol. The predicted octanol–water partition coefficient (Wildman–Crippen LogP) is 2.64. The summed E-state index contributed by atoms with van der Waals surface area (Å²) in [6.45, 7) is 9.63. The number of hydrogen-bond acceptors (Lipinski definition) is 3. The van der Waals surface area contributed by atoms with Gasteiger partial charge in [-0.05, 0) is 45.1 Å². The minimum Gasteiger partial charge on any atom is -0.376 e. The third kappa shape index (κ3) is 3.71. The van der Waals surface area contributed by atoms with Gasteiger partial charge >= 0.3 is 0 Å². The second kappa shape index (κ2) is 7.05. The van der Waals surface area contributed by atoms with Gasteiger partial charge in [-0.2, -0.15) is 0 Å². The molecule has 5 atom stereocenters. The molecule has 0 amide bonds. The highest BCUT2D eigenvalue weighted by atomic mass is 16.5. The Morgan fingerprint density at radius 3 is 2.74 bits per heavy atom. The van der Waals surface area contributed by atoms with Crippen LogP contribution in [-0.4, -0.2) is 42.8 Å². The van der Waals surface area contributed by atoms with Crippen LogP contribution >= 0.6 is 0 Å². The Morgan fingerprint density at radius 2 is 2.05 bits per heavy atom. The predicted molar refractivity (Wildman–Crippen MR) is 80.2 cm³/mol. The molecule has 0 spiro atoms. The standard InChI is InChI=1S/C16H32N2O/c1-4-5-14-6-7-15(9-17)16(8-14)18-10-13(3)19-11-12(18)2/h12-16H,4-11,17H2,1-3H3. The molecule has 0 radical (unpaired) electrons. The summed E-state index contributed by atoms with van der Waals surface area (Å²) in [5.41, 5.74) is 6.04. The van der Waals surface area contributed by atoms with E-state index in [1.165, 1.54) is 32.1 Å². The van der Waals surface area contributed by atoms with Gasteiger partial charge in [-0.1, -0.05) is 26.2 Å². The zero-order valence-electron chi connectivity index (χ0n) is 13.0. The van der Waals surface area contributed by atoms with Crippen LogP contribution in [0.15, 0.2) is 0 Å². The lowest BCUT2D eigenvalue weighted by molar-refractivity contribution is -0.0845. The molecule has 19 heavy (non-hydrogen) atoms. The van der Waals surface area contributed by atoms with Crippen molar-refractivity contribution in [1.82, 2.24) is 4.90 Å². The first-order valence-corrected chi connectivity index (χ1v) is 8.23. The highest BCUT2D eigenvalue weighted by molar-refractivity contribution is 4.91. The van der Waals surface area contributed by atoms with Crippen molar-refractivity contribution in [2.45, 2.75) is 71.1 Å². The molecule has 112 valence electrons. The van der Waals surface area contributed by atoms with Gasteiger partial charge in [-0.3, -0.25) is 4.90 Å². The molecule has 3 heteroatoms.